The maximum Gasteiger partial charge on any atom is 0.0701 e. The maximum atomic E-state index is 5.60. The average molecular weight is 331 g/mol. The SMILES string of the molecule is ClCCCCCCOCCOCCOCCOCCCl. The zero-order chi connectivity index (χ0) is 14.7. The van der Waals surface area contributed by atoms with Crippen LogP contribution in [0.3, 0.4) is 0 Å². The topological polar surface area (TPSA) is 36.9 Å². The summed E-state index contributed by atoms with van der Waals surface area (Å²) in [5, 5.41) is 0. The van der Waals surface area contributed by atoms with Crippen molar-refractivity contribution in [2.24, 2.45) is 0 Å². The van der Waals surface area contributed by atoms with Gasteiger partial charge in [0.05, 0.1) is 46.2 Å². The Morgan fingerprint density at radius 1 is 0.400 bits per heavy atom. The van der Waals surface area contributed by atoms with Crippen LogP contribution >= 0.6 is 23.2 Å². The molecule has 0 aromatic carbocycles. The fourth-order valence-corrected chi connectivity index (χ4v) is 1.77. The molecule has 0 aliphatic heterocycles. The molecule has 0 atom stereocenters. The van der Waals surface area contributed by atoms with E-state index in [2.05, 4.69) is 0 Å². The molecule has 0 saturated carbocycles. The van der Waals surface area contributed by atoms with E-state index in [0.29, 0.717) is 52.1 Å². The zero-order valence-electron chi connectivity index (χ0n) is 12.3. The number of alkyl halides is 2. The van der Waals surface area contributed by atoms with Crippen LogP contribution in [0.4, 0.5) is 0 Å². The molecule has 0 rings (SSSR count). The summed E-state index contributed by atoms with van der Waals surface area (Å²) in [7, 11) is 0. The fourth-order valence-electron chi connectivity index (χ4n) is 1.47. The molecule has 0 spiro atoms. The van der Waals surface area contributed by atoms with Crippen LogP contribution in [0.5, 0.6) is 0 Å². The zero-order valence-corrected chi connectivity index (χ0v) is 13.8. The van der Waals surface area contributed by atoms with Crippen LogP contribution in [0, 0.1) is 0 Å². The van der Waals surface area contributed by atoms with Crippen LogP contribution in [-0.4, -0.2) is 64.6 Å². The van der Waals surface area contributed by atoms with Gasteiger partial charge < -0.3 is 18.9 Å². The van der Waals surface area contributed by atoms with Gasteiger partial charge in [0.25, 0.3) is 0 Å². The second-order valence-electron chi connectivity index (χ2n) is 4.24. The molecule has 0 amide bonds. The number of hydrogen-bond acceptors (Lipinski definition) is 4. The van der Waals surface area contributed by atoms with Gasteiger partial charge in [-0.1, -0.05) is 12.8 Å². The van der Waals surface area contributed by atoms with E-state index in [9.17, 15) is 0 Å². The Bertz CT molecular complexity index is 155. The maximum absolute atomic E-state index is 5.60. The molecule has 0 saturated heterocycles. The van der Waals surface area contributed by atoms with E-state index < -0.39 is 0 Å². The standard InChI is InChI=1S/C14H28Cl2O4/c15-5-3-1-2-4-7-17-9-11-19-13-14-20-12-10-18-8-6-16/h1-14H2. The first kappa shape index (κ1) is 20.4. The Kier molecular flexibility index (Phi) is 19.8. The molecule has 0 bridgehead atoms. The number of rotatable bonds is 17. The van der Waals surface area contributed by atoms with E-state index in [4.69, 9.17) is 42.1 Å². The van der Waals surface area contributed by atoms with E-state index in [1.807, 2.05) is 0 Å². The van der Waals surface area contributed by atoms with Gasteiger partial charge in [-0.2, -0.15) is 0 Å². The highest BCUT2D eigenvalue weighted by atomic mass is 35.5. The Balaban J connectivity index is 2.89. The Hall–Kier alpha value is 0.420. The lowest BCUT2D eigenvalue weighted by molar-refractivity contribution is -0.000653. The predicted molar refractivity (Wildman–Crippen MR) is 83.2 cm³/mol. The first-order chi connectivity index (χ1) is 9.91. The Labute approximate surface area is 133 Å². The summed E-state index contributed by atoms with van der Waals surface area (Å²) in [5.74, 6) is 1.28. The van der Waals surface area contributed by atoms with Gasteiger partial charge in [0.2, 0.25) is 0 Å². The minimum Gasteiger partial charge on any atom is -0.379 e. The normalized spacial score (nSPS) is 11.1. The van der Waals surface area contributed by atoms with Gasteiger partial charge >= 0.3 is 0 Å². The van der Waals surface area contributed by atoms with Crippen molar-refractivity contribution < 1.29 is 18.9 Å². The highest BCUT2D eigenvalue weighted by molar-refractivity contribution is 6.18. The van der Waals surface area contributed by atoms with Crippen molar-refractivity contribution in [3.63, 3.8) is 0 Å². The molecule has 0 heterocycles. The van der Waals surface area contributed by atoms with Gasteiger partial charge in [-0.25, -0.2) is 0 Å². The highest BCUT2D eigenvalue weighted by Crippen LogP contribution is 2.00. The van der Waals surface area contributed by atoms with Crippen LogP contribution < -0.4 is 0 Å². The molecule has 0 aromatic heterocycles. The van der Waals surface area contributed by atoms with E-state index in [-0.39, 0.29) is 0 Å². The highest BCUT2D eigenvalue weighted by Gasteiger charge is 1.93. The quantitative estimate of drug-likeness (QED) is 0.303. The van der Waals surface area contributed by atoms with Crippen LogP contribution in [0.1, 0.15) is 25.7 Å². The van der Waals surface area contributed by atoms with Gasteiger partial charge in [0.15, 0.2) is 0 Å². The van der Waals surface area contributed by atoms with Crippen molar-refractivity contribution in [3.8, 4) is 0 Å². The van der Waals surface area contributed by atoms with Crippen molar-refractivity contribution in [1.82, 2.24) is 0 Å². The number of hydrogen-bond donors (Lipinski definition) is 0. The van der Waals surface area contributed by atoms with Crippen molar-refractivity contribution in [2.45, 2.75) is 25.7 Å². The number of unbranched alkanes of at least 4 members (excludes halogenated alkanes) is 3. The Morgan fingerprint density at radius 3 is 1.35 bits per heavy atom. The largest absolute Gasteiger partial charge is 0.379 e. The van der Waals surface area contributed by atoms with Gasteiger partial charge in [0, 0.05) is 18.4 Å². The van der Waals surface area contributed by atoms with Crippen LogP contribution in [-0.2, 0) is 18.9 Å². The van der Waals surface area contributed by atoms with Gasteiger partial charge in [-0.3, -0.25) is 0 Å². The van der Waals surface area contributed by atoms with Crippen LogP contribution in [0.15, 0.2) is 0 Å². The minimum absolute atomic E-state index is 0.524. The summed E-state index contributed by atoms with van der Waals surface area (Å²) in [6, 6.07) is 0. The third kappa shape index (κ3) is 18.4. The molecule has 0 aliphatic carbocycles. The molecule has 0 aromatic rings. The van der Waals surface area contributed by atoms with Gasteiger partial charge in [0.1, 0.15) is 0 Å². The monoisotopic (exact) mass is 330 g/mol. The van der Waals surface area contributed by atoms with Crippen molar-refractivity contribution in [2.75, 3.05) is 64.6 Å². The summed E-state index contributed by atoms with van der Waals surface area (Å²) in [6.07, 6.45) is 4.58. The summed E-state index contributed by atoms with van der Waals surface area (Å²) < 4.78 is 21.3. The molecule has 0 radical (unpaired) electrons. The van der Waals surface area contributed by atoms with E-state index in [1.54, 1.807) is 0 Å². The second kappa shape index (κ2) is 19.4. The summed E-state index contributed by atoms with van der Waals surface area (Å²) in [6.45, 7) is 4.99. The lowest BCUT2D eigenvalue weighted by Gasteiger charge is -2.07. The number of ether oxygens (including phenoxy) is 4. The third-order valence-corrected chi connectivity index (χ3v) is 2.93. The van der Waals surface area contributed by atoms with E-state index in [0.717, 1.165) is 25.3 Å². The average Bonchev–Trinajstić information content (AvgIpc) is 2.47. The van der Waals surface area contributed by atoms with E-state index >= 15 is 0 Å². The molecule has 20 heavy (non-hydrogen) atoms. The molecule has 6 heteroatoms. The fraction of sp³-hybridized carbons (Fsp3) is 1.00. The van der Waals surface area contributed by atoms with Gasteiger partial charge in [-0.15, -0.1) is 23.2 Å². The lowest BCUT2D eigenvalue weighted by atomic mass is 10.2. The molecular weight excluding hydrogens is 303 g/mol. The summed E-state index contributed by atoms with van der Waals surface area (Å²) in [4.78, 5) is 0. The third-order valence-electron chi connectivity index (χ3n) is 2.51. The van der Waals surface area contributed by atoms with Crippen molar-refractivity contribution >= 4 is 23.2 Å². The molecule has 0 N–H and O–H groups in total. The molecule has 0 aliphatic rings. The summed E-state index contributed by atoms with van der Waals surface area (Å²) >= 11 is 11.1. The molecule has 0 unspecified atom stereocenters. The van der Waals surface area contributed by atoms with Crippen molar-refractivity contribution in [1.29, 1.82) is 0 Å². The second-order valence-corrected chi connectivity index (χ2v) is 5.00. The lowest BCUT2D eigenvalue weighted by Crippen LogP contribution is -2.12. The molecular formula is C14H28Cl2O4. The summed E-state index contributed by atoms with van der Waals surface area (Å²) in [5.41, 5.74) is 0. The van der Waals surface area contributed by atoms with Crippen LogP contribution in [0.2, 0.25) is 0 Å². The predicted octanol–water partition coefficient (Wildman–Crippen LogP) is 3.09. The smallest absolute Gasteiger partial charge is 0.0701 e. The number of halogens is 2. The van der Waals surface area contributed by atoms with Crippen LogP contribution in [0.25, 0.3) is 0 Å². The van der Waals surface area contributed by atoms with Gasteiger partial charge in [-0.05, 0) is 12.8 Å². The molecule has 4 nitrogen and oxygen atoms in total. The first-order valence-electron chi connectivity index (χ1n) is 7.34. The van der Waals surface area contributed by atoms with Crippen molar-refractivity contribution in [3.05, 3.63) is 0 Å². The van der Waals surface area contributed by atoms with E-state index in [1.165, 1.54) is 12.8 Å². The molecule has 0 fully saturated rings. The first-order valence-corrected chi connectivity index (χ1v) is 8.41. The Morgan fingerprint density at radius 2 is 0.850 bits per heavy atom. The minimum atomic E-state index is 0.524. The molecule has 122 valence electrons.